The third-order valence-electron chi connectivity index (χ3n) is 6.16. The quantitative estimate of drug-likeness (QED) is 0.191. The topological polar surface area (TPSA) is 79.7 Å². The number of hydrogen-bond donors (Lipinski definition) is 1. The molecular formula is C29H30N2O4. The van der Waals surface area contributed by atoms with Crippen LogP contribution in [0.3, 0.4) is 0 Å². The minimum Gasteiger partial charge on any atom is -0.507 e. The van der Waals surface area contributed by atoms with Gasteiger partial charge in [0.05, 0.1) is 18.2 Å². The number of aromatic nitrogens is 1. The molecule has 6 heteroatoms. The van der Waals surface area contributed by atoms with Crippen LogP contribution in [0.1, 0.15) is 54.5 Å². The van der Waals surface area contributed by atoms with E-state index in [0.717, 1.165) is 30.4 Å². The second-order valence-electron chi connectivity index (χ2n) is 8.78. The Labute approximate surface area is 205 Å². The molecule has 1 aromatic heterocycles. The van der Waals surface area contributed by atoms with Crippen LogP contribution in [0.25, 0.3) is 5.76 Å². The number of benzene rings is 2. The molecule has 4 rings (SSSR count). The fourth-order valence-electron chi connectivity index (χ4n) is 4.26. The van der Waals surface area contributed by atoms with Gasteiger partial charge in [-0.2, -0.15) is 0 Å². The Morgan fingerprint density at radius 2 is 1.77 bits per heavy atom. The number of likely N-dealkylation sites (tertiary alicyclic amines) is 1. The van der Waals surface area contributed by atoms with Crippen molar-refractivity contribution in [1.82, 2.24) is 9.88 Å². The number of hydrogen-bond acceptors (Lipinski definition) is 5. The first-order valence-electron chi connectivity index (χ1n) is 12.0. The van der Waals surface area contributed by atoms with E-state index in [2.05, 4.69) is 11.9 Å². The number of ketones is 1. The molecular weight excluding hydrogens is 440 g/mol. The molecule has 2 heterocycles. The molecule has 1 aliphatic heterocycles. The number of aliphatic hydroxyl groups excluding tert-OH is 1. The van der Waals surface area contributed by atoms with Crippen molar-refractivity contribution in [3.8, 4) is 5.75 Å². The number of unbranched alkanes of at least 4 members (excludes halogenated alkanes) is 2. The lowest BCUT2D eigenvalue weighted by Crippen LogP contribution is -2.29. The molecule has 1 saturated heterocycles. The number of rotatable bonds is 9. The van der Waals surface area contributed by atoms with Gasteiger partial charge in [-0.25, -0.2) is 0 Å². The molecule has 180 valence electrons. The van der Waals surface area contributed by atoms with Crippen LogP contribution in [0.5, 0.6) is 5.75 Å². The maximum atomic E-state index is 13.2. The van der Waals surface area contributed by atoms with Gasteiger partial charge in [0.2, 0.25) is 0 Å². The molecule has 1 amide bonds. The molecule has 6 nitrogen and oxygen atoms in total. The van der Waals surface area contributed by atoms with Gasteiger partial charge in [-0.1, -0.05) is 61.7 Å². The zero-order valence-corrected chi connectivity index (χ0v) is 20.1. The second-order valence-corrected chi connectivity index (χ2v) is 8.78. The predicted octanol–water partition coefficient (Wildman–Crippen LogP) is 5.58. The zero-order valence-electron chi connectivity index (χ0n) is 20.1. The first-order chi connectivity index (χ1) is 17.0. The van der Waals surface area contributed by atoms with E-state index in [1.165, 1.54) is 4.90 Å². The highest BCUT2D eigenvalue weighted by molar-refractivity contribution is 6.46. The molecule has 35 heavy (non-hydrogen) atoms. The van der Waals surface area contributed by atoms with E-state index in [0.29, 0.717) is 23.5 Å². The Bertz CT molecular complexity index is 1220. The molecule has 0 spiro atoms. The summed E-state index contributed by atoms with van der Waals surface area (Å²) in [4.78, 5) is 32.0. The first kappa shape index (κ1) is 24.2. The standard InChI is InChI=1S/C29H30N2O4/c1-3-4-5-17-35-24-8-6-7-23(18-24)26-25(27(32)22-11-9-20(2)10-12-22)28(33)29(34)31(26)19-21-13-15-30-16-14-21/h6-16,18,26,32H,3-5,17,19H2,1-2H3/b27-25+. The summed E-state index contributed by atoms with van der Waals surface area (Å²) in [5.74, 6) is -0.852. The van der Waals surface area contributed by atoms with Crippen LogP contribution < -0.4 is 4.74 Å². The summed E-state index contributed by atoms with van der Waals surface area (Å²) in [6.45, 7) is 4.89. The van der Waals surface area contributed by atoms with Crippen LogP contribution >= 0.6 is 0 Å². The highest BCUT2D eigenvalue weighted by Gasteiger charge is 2.46. The lowest BCUT2D eigenvalue weighted by molar-refractivity contribution is -0.140. The summed E-state index contributed by atoms with van der Waals surface area (Å²) in [5, 5.41) is 11.2. The largest absolute Gasteiger partial charge is 0.507 e. The Kier molecular flexibility index (Phi) is 7.60. The summed E-state index contributed by atoms with van der Waals surface area (Å²) in [6, 6.07) is 17.5. The van der Waals surface area contributed by atoms with Gasteiger partial charge in [-0.3, -0.25) is 14.6 Å². The molecule has 0 saturated carbocycles. The number of ether oxygens (including phenoxy) is 1. The van der Waals surface area contributed by atoms with Crippen molar-refractivity contribution in [2.75, 3.05) is 6.61 Å². The number of nitrogens with zero attached hydrogens (tertiary/aromatic N) is 2. The van der Waals surface area contributed by atoms with Gasteiger partial charge < -0.3 is 14.7 Å². The van der Waals surface area contributed by atoms with Crippen molar-refractivity contribution in [2.45, 2.75) is 45.7 Å². The van der Waals surface area contributed by atoms with E-state index in [-0.39, 0.29) is 17.9 Å². The van der Waals surface area contributed by atoms with Crippen LogP contribution in [0.15, 0.2) is 78.6 Å². The Hall–Kier alpha value is -3.93. The number of carbonyl (C=O) groups is 2. The average molecular weight is 471 g/mol. The Morgan fingerprint density at radius 3 is 2.49 bits per heavy atom. The smallest absolute Gasteiger partial charge is 0.295 e. The van der Waals surface area contributed by atoms with Gasteiger partial charge in [0.1, 0.15) is 11.5 Å². The van der Waals surface area contributed by atoms with E-state index < -0.39 is 17.7 Å². The number of carbonyl (C=O) groups excluding carboxylic acids is 2. The number of amides is 1. The monoisotopic (exact) mass is 470 g/mol. The van der Waals surface area contributed by atoms with Crippen molar-refractivity contribution in [3.63, 3.8) is 0 Å². The zero-order chi connectivity index (χ0) is 24.8. The van der Waals surface area contributed by atoms with E-state index in [9.17, 15) is 14.7 Å². The van der Waals surface area contributed by atoms with Crippen molar-refractivity contribution < 1.29 is 19.4 Å². The van der Waals surface area contributed by atoms with Gasteiger partial charge in [0.15, 0.2) is 0 Å². The fraction of sp³-hybridized carbons (Fsp3) is 0.276. The Balaban J connectivity index is 1.77. The van der Waals surface area contributed by atoms with Gasteiger partial charge >= 0.3 is 0 Å². The number of Topliss-reactive ketones (excluding diaryl/α,β-unsaturated/α-hetero) is 1. The van der Waals surface area contributed by atoms with Crippen molar-refractivity contribution in [1.29, 1.82) is 0 Å². The van der Waals surface area contributed by atoms with Gasteiger partial charge in [0.25, 0.3) is 11.7 Å². The van der Waals surface area contributed by atoms with E-state index in [1.807, 2.05) is 55.5 Å². The lowest BCUT2D eigenvalue weighted by Gasteiger charge is -2.26. The van der Waals surface area contributed by atoms with Crippen molar-refractivity contribution >= 4 is 17.4 Å². The SMILES string of the molecule is CCCCCOc1cccc(C2/C(=C(\O)c3ccc(C)cc3)C(=O)C(=O)N2Cc2ccncc2)c1. The highest BCUT2D eigenvalue weighted by Crippen LogP contribution is 2.41. The number of pyridine rings is 1. The Morgan fingerprint density at radius 1 is 1.03 bits per heavy atom. The predicted molar refractivity (Wildman–Crippen MR) is 135 cm³/mol. The lowest BCUT2D eigenvalue weighted by atomic mass is 9.94. The van der Waals surface area contributed by atoms with Gasteiger partial charge in [-0.15, -0.1) is 0 Å². The molecule has 0 aliphatic carbocycles. The molecule has 2 aromatic carbocycles. The average Bonchev–Trinajstić information content (AvgIpc) is 3.12. The molecule has 1 N–H and O–H groups in total. The van der Waals surface area contributed by atoms with Crippen molar-refractivity contribution in [3.05, 3.63) is 101 Å². The molecule has 1 atom stereocenters. The van der Waals surface area contributed by atoms with Crippen molar-refractivity contribution in [2.24, 2.45) is 0 Å². The summed E-state index contributed by atoms with van der Waals surface area (Å²) in [7, 11) is 0. The molecule has 0 radical (unpaired) electrons. The number of aryl methyl sites for hydroxylation is 1. The fourth-order valence-corrected chi connectivity index (χ4v) is 4.26. The maximum Gasteiger partial charge on any atom is 0.295 e. The van der Waals surface area contributed by atoms with Gasteiger partial charge in [0, 0.05) is 24.5 Å². The van der Waals surface area contributed by atoms with E-state index in [1.54, 1.807) is 24.5 Å². The third kappa shape index (κ3) is 5.43. The van der Waals surface area contributed by atoms with Crippen LogP contribution in [-0.2, 0) is 16.1 Å². The first-order valence-corrected chi connectivity index (χ1v) is 12.0. The molecule has 0 bridgehead atoms. The normalized spacial score (nSPS) is 17.1. The van der Waals surface area contributed by atoms with Crippen LogP contribution in [-0.4, -0.2) is 33.3 Å². The van der Waals surface area contributed by atoms with Crippen LogP contribution in [0, 0.1) is 6.92 Å². The number of aliphatic hydroxyl groups is 1. The van der Waals surface area contributed by atoms with Crippen LogP contribution in [0.2, 0.25) is 0 Å². The maximum absolute atomic E-state index is 13.2. The third-order valence-corrected chi connectivity index (χ3v) is 6.16. The minimum absolute atomic E-state index is 0.0797. The molecule has 3 aromatic rings. The molecule has 1 unspecified atom stereocenters. The molecule has 1 fully saturated rings. The second kappa shape index (κ2) is 11.0. The summed E-state index contributed by atoms with van der Waals surface area (Å²) >= 11 is 0. The summed E-state index contributed by atoms with van der Waals surface area (Å²) in [5.41, 5.74) is 3.16. The van der Waals surface area contributed by atoms with Gasteiger partial charge in [-0.05, 0) is 48.7 Å². The van der Waals surface area contributed by atoms with E-state index in [4.69, 9.17) is 4.74 Å². The minimum atomic E-state index is -0.747. The summed E-state index contributed by atoms with van der Waals surface area (Å²) in [6.07, 6.45) is 6.44. The molecule has 1 aliphatic rings. The van der Waals surface area contributed by atoms with Crippen LogP contribution in [0.4, 0.5) is 0 Å². The van der Waals surface area contributed by atoms with E-state index >= 15 is 0 Å². The summed E-state index contributed by atoms with van der Waals surface area (Å²) < 4.78 is 5.93. The highest BCUT2D eigenvalue weighted by atomic mass is 16.5.